The maximum Gasteiger partial charge on any atom is 0.266 e. The van der Waals surface area contributed by atoms with Crippen LogP contribution in [0, 0.1) is 0 Å². The zero-order valence-corrected chi connectivity index (χ0v) is 15.7. The van der Waals surface area contributed by atoms with E-state index in [0.29, 0.717) is 28.0 Å². The molecule has 0 aliphatic carbocycles. The summed E-state index contributed by atoms with van der Waals surface area (Å²) in [6.07, 6.45) is 1.71. The van der Waals surface area contributed by atoms with Crippen LogP contribution in [0.2, 0.25) is 0 Å². The lowest BCUT2D eigenvalue weighted by molar-refractivity contribution is -0.112. The van der Waals surface area contributed by atoms with Gasteiger partial charge in [0, 0.05) is 12.6 Å². The van der Waals surface area contributed by atoms with Crippen molar-refractivity contribution in [3.8, 4) is 5.69 Å². The predicted octanol–water partition coefficient (Wildman–Crippen LogP) is 3.90. The number of carbonyl (C=O) groups is 1. The average Bonchev–Trinajstić information content (AvgIpc) is 3.00. The minimum atomic E-state index is -0.166. The maximum atomic E-state index is 13.3. The number of likely N-dealkylation sites (N-methyl/N-ethyl adjacent to an activating group) is 1. The van der Waals surface area contributed by atoms with Gasteiger partial charge in [0.2, 0.25) is 0 Å². The summed E-state index contributed by atoms with van der Waals surface area (Å²) in [5, 5.41) is 0.536. The van der Waals surface area contributed by atoms with Gasteiger partial charge in [0.25, 0.3) is 11.5 Å². The molecule has 1 aromatic heterocycles. The van der Waals surface area contributed by atoms with Gasteiger partial charge in [0.15, 0.2) is 0 Å². The highest BCUT2D eigenvalue weighted by Gasteiger charge is 2.29. The molecule has 0 atom stereocenters. The second kappa shape index (κ2) is 6.56. The highest BCUT2D eigenvalue weighted by molar-refractivity contribution is 6.35. The van der Waals surface area contributed by atoms with Crippen LogP contribution in [0.4, 0.5) is 5.69 Å². The summed E-state index contributed by atoms with van der Waals surface area (Å²) in [7, 11) is 1.75. The Balaban J connectivity index is 1.83. The van der Waals surface area contributed by atoms with Crippen LogP contribution in [0.25, 0.3) is 28.2 Å². The molecule has 1 amide bonds. The Labute approximate surface area is 167 Å². The van der Waals surface area contributed by atoms with E-state index >= 15 is 0 Å². The van der Waals surface area contributed by atoms with Crippen molar-refractivity contribution in [2.75, 3.05) is 11.9 Å². The van der Waals surface area contributed by atoms with Crippen molar-refractivity contribution in [2.45, 2.75) is 0 Å². The summed E-state index contributed by atoms with van der Waals surface area (Å²) in [5.74, 6) is 0.307. The van der Waals surface area contributed by atoms with Crippen LogP contribution in [-0.4, -0.2) is 22.5 Å². The zero-order valence-electron chi connectivity index (χ0n) is 15.7. The van der Waals surface area contributed by atoms with E-state index in [1.807, 2.05) is 72.8 Å². The van der Waals surface area contributed by atoms with Gasteiger partial charge in [0.1, 0.15) is 5.82 Å². The van der Waals surface area contributed by atoms with Crippen LogP contribution in [0.3, 0.4) is 0 Å². The quantitative estimate of drug-likeness (QED) is 0.496. The summed E-state index contributed by atoms with van der Waals surface area (Å²) in [4.78, 5) is 32.6. The molecular formula is C24H17N3O2. The molecule has 1 aliphatic heterocycles. The fourth-order valence-electron chi connectivity index (χ4n) is 3.74. The number of fused-ring (bicyclic) bond motifs is 2. The van der Waals surface area contributed by atoms with Crippen molar-refractivity contribution >= 4 is 34.1 Å². The second-order valence-corrected chi connectivity index (χ2v) is 6.90. The minimum absolute atomic E-state index is 0.117. The van der Waals surface area contributed by atoms with Gasteiger partial charge in [-0.2, -0.15) is 0 Å². The fraction of sp³-hybridized carbons (Fsp3) is 0.0417. The SMILES string of the molecule is CN1C(=O)/C(=C/c2nc3ccccc3c(=O)n2-c2ccccc2)c2ccccc21. The smallest absolute Gasteiger partial charge is 0.266 e. The van der Waals surface area contributed by atoms with E-state index in [-0.39, 0.29) is 11.5 Å². The summed E-state index contributed by atoms with van der Waals surface area (Å²) in [5.41, 5.74) is 3.34. The van der Waals surface area contributed by atoms with Gasteiger partial charge < -0.3 is 4.90 Å². The Morgan fingerprint density at radius 2 is 1.52 bits per heavy atom. The van der Waals surface area contributed by atoms with Crippen molar-refractivity contribution in [1.82, 2.24) is 9.55 Å². The standard InChI is InChI=1S/C24H17N3O2/c1-26-21-14-8-6-11-17(21)19(23(26)28)15-22-25-20-13-7-5-12-18(20)24(29)27(22)16-9-3-2-4-10-16/h2-15H,1H3/b19-15+. The molecular weight excluding hydrogens is 362 g/mol. The Morgan fingerprint density at radius 3 is 2.34 bits per heavy atom. The molecule has 0 spiro atoms. The summed E-state index contributed by atoms with van der Waals surface area (Å²) in [6.45, 7) is 0. The van der Waals surface area contributed by atoms with Gasteiger partial charge in [-0.25, -0.2) is 4.98 Å². The van der Waals surface area contributed by atoms with Crippen LogP contribution >= 0.6 is 0 Å². The normalized spacial score (nSPS) is 14.6. The van der Waals surface area contributed by atoms with Crippen molar-refractivity contribution in [3.05, 3.63) is 101 Å². The van der Waals surface area contributed by atoms with Crippen molar-refractivity contribution < 1.29 is 4.79 Å². The van der Waals surface area contributed by atoms with Gasteiger partial charge >= 0.3 is 0 Å². The first-order valence-electron chi connectivity index (χ1n) is 9.31. The van der Waals surface area contributed by atoms with E-state index in [1.165, 1.54) is 0 Å². The van der Waals surface area contributed by atoms with Crippen LogP contribution < -0.4 is 10.5 Å². The minimum Gasteiger partial charge on any atom is -0.311 e. The molecule has 5 nitrogen and oxygen atoms in total. The van der Waals surface area contributed by atoms with E-state index in [4.69, 9.17) is 4.98 Å². The first-order chi connectivity index (χ1) is 14.1. The number of hydrogen-bond donors (Lipinski definition) is 0. The largest absolute Gasteiger partial charge is 0.311 e. The Morgan fingerprint density at radius 1 is 0.828 bits per heavy atom. The summed E-state index contributed by atoms with van der Waals surface area (Å²) < 4.78 is 1.56. The molecule has 0 N–H and O–H groups in total. The van der Waals surface area contributed by atoms with Crippen LogP contribution in [0.15, 0.2) is 83.7 Å². The van der Waals surface area contributed by atoms with Gasteiger partial charge in [-0.3, -0.25) is 14.2 Å². The number of carbonyl (C=O) groups excluding carboxylic acids is 1. The van der Waals surface area contributed by atoms with Crippen molar-refractivity contribution in [3.63, 3.8) is 0 Å². The van der Waals surface area contributed by atoms with E-state index in [1.54, 1.807) is 28.7 Å². The molecule has 0 saturated carbocycles. The Kier molecular flexibility index (Phi) is 3.88. The number of rotatable bonds is 2. The van der Waals surface area contributed by atoms with Gasteiger partial charge in [-0.15, -0.1) is 0 Å². The van der Waals surface area contributed by atoms with Crippen molar-refractivity contribution in [1.29, 1.82) is 0 Å². The number of hydrogen-bond acceptors (Lipinski definition) is 3. The Hall–Kier alpha value is -3.99. The number of benzene rings is 3. The van der Waals surface area contributed by atoms with E-state index in [9.17, 15) is 9.59 Å². The third-order valence-corrected chi connectivity index (χ3v) is 5.18. The molecule has 140 valence electrons. The van der Waals surface area contributed by atoms with Crippen LogP contribution in [0.1, 0.15) is 11.4 Å². The molecule has 0 radical (unpaired) electrons. The lowest BCUT2D eigenvalue weighted by atomic mass is 10.1. The fourth-order valence-corrected chi connectivity index (χ4v) is 3.74. The molecule has 29 heavy (non-hydrogen) atoms. The lowest BCUT2D eigenvalue weighted by Gasteiger charge is -2.12. The van der Waals surface area contributed by atoms with Gasteiger partial charge in [-0.05, 0) is 36.4 Å². The van der Waals surface area contributed by atoms with Crippen LogP contribution in [-0.2, 0) is 4.79 Å². The molecule has 5 rings (SSSR count). The molecule has 5 heteroatoms. The monoisotopic (exact) mass is 379 g/mol. The molecule has 4 aromatic rings. The third kappa shape index (κ3) is 2.67. The molecule has 0 unspecified atom stereocenters. The second-order valence-electron chi connectivity index (χ2n) is 6.90. The number of amides is 1. The zero-order chi connectivity index (χ0) is 20.0. The van der Waals surface area contributed by atoms with Gasteiger partial charge in [-0.1, -0.05) is 48.5 Å². The average molecular weight is 379 g/mol. The number of aromatic nitrogens is 2. The third-order valence-electron chi connectivity index (χ3n) is 5.18. The first-order valence-corrected chi connectivity index (χ1v) is 9.31. The van der Waals surface area contributed by atoms with Gasteiger partial charge in [0.05, 0.1) is 27.9 Å². The van der Waals surface area contributed by atoms with E-state index < -0.39 is 0 Å². The topological polar surface area (TPSA) is 55.2 Å². The Bertz CT molecular complexity index is 1350. The molecule has 3 aromatic carbocycles. The first kappa shape index (κ1) is 17.1. The molecule has 2 heterocycles. The molecule has 0 saturated heterocycles. The molecule has 0 bridgehead atoms. The summed E-state index contributed by atoms with van der Waals surface area (Å²) in [6, 6.07) is 24.2. The highest BCUT2D eigenvalue weighted by atomic mass is 16.2. The number of anilines is 1. The maximum absolute atomic E-state index is 13.3. The van der Waals surface area contributed by atoms with E-state index in [2.05, 4.69) is 0 Å². The van der Waals surface area contributed by atoms with Crippen LogP contribution in [0.5, 0.6) is 0 Å². The lowest BCUT2D eigenvalue weighted by Crippen LogP contribution is -2.23. The van der Waals surface area contributed by atoms with E-state index in [0.717, 1.165) is 11.3 Å². The number of nitrogens with zero attached hydrogens (tertiary/aromatic N) is 3. The predicted molar refractivity (Wildman–Crippen MR) is 115 cm³/mol. The molecule has 0 fully saturated rings. The van der Waals surface area contributed by atoms with Crippen molar-refractivity contribution in [2.24, 2.45) is 0 Å². The molecule has 1 aliphatic rings. The highest BCUT2D eigenvalue weighted by Crippen LogP contribution is 2.36. The number of para-hydroxylation sites is 3. The summed E-state index contributed by atoms with van der Waals surface area (Å²) >= 11 is 0.